The minimum absolute atomic E-state index is 0.0986. The van der Waals surface area contributed by atoms with Crippen LogP contribution in [0.4, 0.5) is 0 Å². The lowest BCUT2D eigenvalue weighted by Crippen LogP contribution is -2.06. The summed E-state index contributed by atoms with van der Waals surface area (Å²) >= 11 is 0. The Morgan fingerprint density at radius 3 is 2.67 bits per heavy atom. The molecule has 0 saturated carbocycles. The van der Waals surface area contributed by atoms with Crippen molar-refractivity contribution in [3.05, 3.63) is 46.2 Å². The van der Waals surface area contributed by atoms with E-state index in [0.717, 1.165) is 22.7 Å². The molecule has 1 heterocycles. The van der Waals surface area contributed by atoms with E-state index in [0.29, 0.717) is 6.42 Å². The molecule has 0 bridgehead atoms. The molecule has 0 aliphatic rings. The van der Waals surface area contributed by atoms with Crippen molar-refractivity contribution < 1.29 is 12.6 Å². The molecule has 0 unspecified atom stereocenters. The molecule has 6 heteroatoms. The highest BCUT2D eigenvalue weighted by atomic mass is 32.2. The predicted molar refractivity (Wildman–Crippen MR) is 69.1 cm³/mol. The molecule has 0 aliphatic heterocycles. The van der Waals surface area contributed by atoms with Gasteiger partial charge in [-0.15, -0.1) is 0 Å². The highest BCUT2D eigenvalue weighted by Crippen LogP contribution is 2.12. The van der Waals surface area contributed by atoms with E-state index in [-0.39, 0.29) is 12.2 Å². The van der Waals surface area contributed by atoms with Gasteiger partial charge in [-0.25, -0.2) is 0 Å². The summed E-state index contributed by atoms with van der Waals surface area (Å²) in [5, 5.41) is 0.933. The fourth-order valence-electron chi connectivity index (χ4n) is 1.66. The number of H-pyrrole nitrogens is 1. The van der Waals surface area contributed by atoms with E-state index in [1.807, 2.05) is 18.2 Å². The van der Waals surface area contributed by atoms with Crippen molar-refractivity contribution in [2.24, 2.45) is 0 Å². The van der Waals surface area contributed by atoms with Gasteiger partial charge >= 0.3 is 0 Å². The van der Waals surface area contributed by atoms with Crippen molar-refractivity contribution in [1.82, 2.24) is 4.98 Å². The van der Waals surface area contributed by atoms with E-state index >= 15 is 0 Å². The first-order chi connectivity index (χ1) is 8.44. The van der Waals surface area contributed by atoms with Gasteiger partial charge in [-0.3, -0.25) is 8.98 Å². The van der Waals surface area contributed by atoms with Crippen molar-refractivity contribution in [2.45, 2.75) is 6.42 Å². The third-order valence-corrected chi connectivity index (χ3v) is 3.07. The highest BCUT2D eigenvalue weighted by Gasteiger charge is 2.02. The second kappa shape index (κ2) is 4.91. The third-order valence-electron chi connectivity index (χ3n) is 2.48. The quantitative estimate of drug-likeness (QED) is 0.840. The van der Waals surface area contributed by atoms with Gasteiger partial charge in [0.1, 0.15) is 0 Å². The van der Waals surface area contributed by atoms with Gasteiger partial charge in [-0.2, -0.15) is 8.42 Å². The van der Waals surface area contributed by atoms with Crippen LogP contribution in [0.2, 0.25) is 0 Å². The van der Waals surface area contributed by atoms with Crippen LogP contribution in [0.3, 0.4) is 0 Å². The summed E-state index contributed by atoms with van der Waals surface area (Å²) in [6.07, 6.45) is 1.49. The van der Waals surface area contributed by atoms with Gasteiger partial charge in [0.05, 0.1) is 12.9 Å². The van der Waals surface area contributed by atoms with Crippen LogP contribution in [0.25, 0.3) is 10.9 Å². The Bertz CT molecular complexity index is 718. The zero-order valence-corrected chi connectivity index (χ0v) is 10.7. The predicted octanol–water partition coefficient (Wildman–Crippen LogP) is 1.05. The van der Waals surface area contributed by atoms with Crippen LogP contribution < -0.4 is 5.56 Å². The normalized spacial score (nSPS) is 11.8. The molecule has 1 N–H and O–H groups in total. The second-order valence-electron chi connectivity index (χ2n) is 4.02. The van der Waals surface area contributed by atoms with Crippen LogP contribution in [0.1, 0.15) is 5.56 Å². The van der Waals surface area contributed by atoms with Crippen molar-refractivity contribution in [1.29, 1.82) is 0 Å². The number of benzene rings is 1. The highest BCUT2D eigenvalue weighted by molar-refractivity contribution is 7.85. The molecule has 2 aromatic rings. The van der Waals surface area contributed by atoms with Crippen LogP contribution in [0.5, 0.6) is 0 Å². The monoisotopic (exact) mass is 267 g/mol. The van der Waals surface area contributed by atoms with Gasteiger partial charge in [0.15, 0.2) is 0 Å². The summed E-state index contributed by atoms with van der Waals surface area (Å²) in [5.41, 5.74) is 1.49. The Labute approximate surface area is 105 Å². The minimum Gasteiger partial charge on any atom is -0.322 e. The molecule has 0 fully saturated rings. The standard InChI is InChI=1S/C12H13NO4S/c1-18(15,16)17-7-6-9-2-3-10-4-5-12(14)13-11(10)8-9/h2-5,8H,6-7H2,1H3,(H,13,14). The number of hydrogen-bond acceptors (Lipinski definition) is 4. The molecule has 96 valence electrons. The molecular formula is C12H13NO4S. The van der Waals surface area contributed by atoms with Gasteiger partial charge in [-0.05, 0) is 29.5 Å². The molecular weight excluding hydrogens is 254 g/mol. The molecule has 2 rings (SSSR count). The molecule has 0 spiro atoms. The van der Waals surface area contributed by atoms with Gasteiger partial charge in [0.25, 0.3) is 10.1 Å². The number of nitrogens with one attached hydrogen (secondary N) is 1. The van der Waals surface area contributed by atoms with E-state index < -0.39 is 10.1 Å². The molecule has 18 heavy (non-hydrogen) atoms. The number of aromatic nitrogens is 1. The average Bonchev–Trinajstić information content (AvgIpc) is 2.26. The van der Waals surface area contributed by atoms with E-state index in [1.54, 1.807) is 6.07 Å². The van der Waals surface area contributed by atoms with E-state index in [4.69, 9.17) is 0 Å². The maximum Gasteiger partial charge on any atom is 0.264 e. The van der Waals surface area contributed by atoms with Crippen molar-refractivity contribution in [3.8, 4) is 0 Å². The molecule has 1 aromatic carbocycles. The Balaban J connectivity index is 2.17. The van der Waals surface area contributed by atoms with Gasteiger partial charge < -0.3 is 4.98 Å². The zero-order valence-electron chi connectivity index (χ0n) is 9.84. The van der Waals surface area contributed by atoms with Gasteiger partial charge in [0.2, 0.25) is 5.56 Å². The number of fused-ring (bicyclic) bond motifs is 1. The summed E-state index contributed by atoms with van der Waals surface area (Å²) in [7, 11) is -3.40. The first-order valence-corrected chi connectivity index (χ1v) is 7.22. The van der Waals surface area contributed by atoms with Crippen LogP contribution >= 0.6 is 0 Å². The van der Waals surface area contributed by atoms with Crippen LogP contribution in [0.15, 0.2) is 35.1 Å². The molecule has 1 aromatic heterocycles. The fourth-order valence-corrected chi connectivity index (χ4v) is 2.05. The smallest absolute Gasteiger partial charge is 0.264 e. The Hall–Kier alpha value is -1.66. The largest absolute Gasteiger partial charge is 0.322 e. The number of aromatic amines is 1. The lowest BCUT2D eigenvalue weighted by molar-refractivity contribution is 0.326. The first-order valence-electron chi connectivity index (χ1n) is 5.40. The van der Waals surface area contributed by atoms with Crippen molar-refractivity contribution in [3.63, 3.8) is 0 Å². The maximum absolute atomic E-state index is 11.2. The topological polar surface area (TPSA) is 76.2 Å². The zero-order chi connectivity index (χ0) is 13.2. The molecule has 0 amide bonds. The fraction of sp³-hybridized carbons (Fsp3) is 0.250. The number of pyridine rings is 1. The number of rotatable bonds is 4. The van der Waals surface area contributed by atoms with Crippen molar-refractivity contribution >= 4 is 21.0 Å². The lowest BCUT2D eigenvalue weighted by atomic mass is 10.1. The maximum atomic E-state index is 11.2. The van der Waals surface area contributed by atoms with E-state index in [2.05, 4.69) is 9.17 Å². The SMILES string of the molecule is CS(=O)(=O)OCCc1ccc2ccc(=O)[nH]c2c1. The van der Waals surface area contributed by atoms with Gasteiger partial charge in [0, 0.05) is 11.6 Å². The Kier molecular flexibility index (Phi) is 3.49. The summed E-state index contributed by atoms with van der Waals surface area (Å²) in [6.45, 7) is 0.0986. The van der Waals surface area contributed by atoms with Crippen LogP contribution in [0, 0.1) is 0 Å². The van der Waals surface area contributed by atoms with Gasteiger partial charge in [-0.1, -0.05) is 12.1 Å². The second-order valence-corrected chi connectivity index (χ2v) is 5.66. The lowest BCUT2D eigenvalue weighted by Gasteiger charge is -2.03. The Morgan fingerprint density at radius 2 is 1.94 bits per heavy atom. The Morgan fingerprint density at radius 1 is 1.22 bits per heavy atom. The number of hydrogen-bond donors (Lipinski definition) is 1. The molecule has 0 radical (unpaired) electrons. The molecule has 0 aliphatic carbocycles. The first kappa shape index (κ1) is 12.8. The van der Waals surface area contributed by atoms with Crippen LogP contribution in [-0.4, -0.2) is 26.3 Å². The minimum atomic E-state index is -3.40. The molecule has 5 nitrogen and oxygen atoms in total. The molecule has 0 saturated heterocycles. The summed E-state index contributed by atoms with van der Waals surface area (Å²) < 4.78 is 26.3. The summed E-state index contributed by atoms with van der Waals surface area (Å²) in [6, 6.07) is 8.79. The third kappa shape index (κ3) is 3.41. The molecule has 0 atom stereocenters. The average molecular weight is 267 g/mol. The summed E-state index contributed by atoms with van der Waals surface area (Å²) in [5.74, 6) is 0. The van der Waals surface area contributed by atoms with E-state index in [9.17, 15) is 13.2 Å². The summed E-state index contributed by atoms with van der Waals surface area (Å²) in [4.78, 5) is 13.9. The van der Waals surface area contributed by atoms with E-state index in [1.165, 1.54) is 6.07 Å². The van der Waals surface area contributed by atoms with Crippen molar-refractivity contribution in [2.75, 3.05) is 12.9 Å². The van der Waals surface area contributed by atoms with Crippen LogP contribution in [-0.2, 0) is 20.7 Å².